The van der Waals surface area contributed by atoms with E-state index in [4.69, 9.17) is 4.74 Å². The Morgan fingerprint density at radius 3 is 2.25 bits per heavy atom. The average Bonchev–Trinajstić information content (AvgIpc) is 2.32. The van der Waals surface area contributed by atoms with Gasteiger partial charge in [0.05, 0.1) is 5.54 Å². The Morgan fingerprint density at radius 2 is 1.70 bits per heavy atom. The van der Waals surface area contributed by atoms with Gasteiger partial charge in [0.25, 0.3) is 0 Å². The predicted octanol–water partition coefficient (Wildman–Crippen LogP) is 2.09. The van der Waals surface area contributed by atoms with Crippen LogP contribution in [0.1, 0.15) is 47.1 Å². The number of aliphatic hydroxyl groups is 1. The molecule has 20 heavy (non-hydrogen) atoms. The fourth-order valence-corrected chi connectivity index (χ4v) is 1.96. The lowest BCUT2D eigenvalue weighted by Crippen LogP contribution is -2.96. The van der Waals surface area contributed by atoms with Gasteiger partial charge in [-0.3, -0.25) is 0 Å². The molecule has 1 aromatic carbocycles. The Labute approximate surface area is 123 Å². The topological polar surface area (TPSA) is 46.1 Å². The molecule has 0 radical (unpaired) electrons. The molecule has 0 spiro atoms. The first kappa shape index (κ1) is 17.0. The van der Waals surface area contributed by atoms with Crippen molar-refractivity contribution in [1.82, 2.24) is 0 Å². The maximum absolute atomic E-state index is 10.0. The van der Waals surface area contributed by atoms with Crippen LogP contribution in [-0.2, 0) is 5.41 Å². The molecule has 0 unspecified atom stereocenters. The number of benzene rings is 1. The summed E-state index contributed by atoms with van der Waals surface area (Å²) < 4.78 is 5.82. The van der Waals surface area contributed by atoms with Crippen LogP contribution in [0, 0.1) is 0 Å². The van der Waals surface area contributed by atoms with Gasteiger partial charge in [0.2, 0.25) is 0 Å². The van der Waals surface area contributed by atoms with Gasteiger partial charge < -0.3 is 15.2 Å². The molecule has 0 saturated carbocycles. The van der Waals surface area contributed by atoms with E-state index in [-0.39, 0.29) is 11.0 Å². The van der Waals surface area contributed by atoms with Crippen LogP contribution in [0.25, 0.3) is 0 Å². The van der Waals surface area contributed by atoms with Gasteiger partial charge in [0.15, 0.2) is 0 Å². The van der Waals surface area contributed by atoms with Gasteiger partial charge in [-0.1, -0.05) is 39.0 Å². The van der Waals surface area contributed by atoms with E-state index in [1.54, 1.807) is 0 Å². The molecular weight excluding hydrogens is 250 g/mol. The summed E-state index contributed by atoms with van der Waals surface area (Å²) in [5, 5.41) is 12.1. The molecule has 0 saturated heterocycles. The van der Waals surface area contributed by atoms with E-state index in [2.05, 4.69) is 52.9 Å². The molecule has 0 amide bonds. The minimum atomic E-state index is -0.456. The van der Waals surface area contributed by atoms with Crippen LogP contribution in [-0.4, -0.2) is 29.9 Å². The zero-order chi connectivity index (χ0) is 15.4. The largest absolute Gasteiger partial charge is 0.490 e. The van der Waals surface area contributed by atoms with Crippen molar-refractivity contribution in [1.29, 1.82) is 0 Å². The predicted molar refractivity (Wildman–Crippen MR) is 83.2 cm³/mol. The van der Waals surface area contributed by atoms with E-state index >= 15 is 0 Å². The second-order valence-corrected chi connectivity index (χ2v) is 7.52. The lowest BCUT2D eigenvalue weighted by molar-refractivity contribution is -0.722. The second-order valence-electron chi connectivity index (χ2n) is 7.52. The number of aliphatic hydroxyl groups excluding tert-OH is 1. The summed E-state index contributed by atoms with van der Waals surface area (Å²) in [6.07, 6.45) is -0.456. The molecule has 3 nitrogen and oxygen atoms in total. The van der Waals surface area contributed by atoms with Crippen molar-refractivity contribution in [3.05, 3.63) is 29.8 Å². The fraction of sp³-hybridized carbons (Fsp3) is 0.647. The number of hydrogen-bond acceptors (Lipinski definition) is 2. The molecule has 0 aliphatic carbocycles. The smallest absolute Gasteiger partial charge is 0.137 e. The third kappa shape index (κ3) is 5.93. The highest BCUT2D eigenvalue weighted by Crippen LogP contribution is 2.30. The molecule has 3 N–H and O–H groups in total. The van der Waals surface area contributed by atoms with Gasteiger partial charge in [-0.05, 0) is 37.8 Å². The van der Waals surface area contributed by atoms with E-state index < -0.39 is 6.10 Å². The Balaban J connectivity index is 2.58. The standard InChI is InChI=1S/C17H29NO2/c1-16(2,3)14-9-7-8-10-15(14)20-12-13(19)11-18-17(4,5)6/h7-10,13,18-19H,11-12H2,1-6H3/p+1/t13-/m0/s1. The average molecular weight is 280 g/mol. The first-order chi connectivity index (χ1) is 9.09. The van der Waals surface area contributed by atoms with Gasteiger partial charge in [0, 0.05) is 0 Å². The highest BCUT2D eigenvalue weighted by atomic mass is 16.5. The van der Waals surface area contributed by atoms with Crippen molar-refractivity contribution in [2.24, 2.45) is 0 Å². The first-order valence-electron chi connectivity index (χ1n) is 7.34. The van der Waals surface area contributed by atoms with E-state index in [1.165, 1.54) is 5.56 Å². The summed E-state index contributed by atoms with van der Waals surface area (Å²) in [5.74, 6) is 0.870. The number of ether oxygens (including phenoxy) is 1. The Morgan fingerprint density at radius 1 is 1.10 bits per heavy atom. The third-order valence-electron chi connectivity index (χ3n) is 3.13. The third-order valence-corrected chi connectivity index (χ3v) is 3.13. The highest BCUT2D eigenvalue weighted by molar-refractivity contribution is 5.38. The van der Waals surface area contributed by atoms with Crippen LogP contribution < -0.4 is 10.1 Å². The Hall–Kier alpha value is -1.06. The number of para-hydroxylation sites is 1. The summed E-state index contributed by atoms with van der Waals surface area (Å²) in [4.78, 5) is 0. The zero-order valence-corrected chi connectivity index (χ0v) is 13.7. The van der Waals surface area contributed by atoms with Crippen molar-refractivity contribution in [3.8, 4) is 5.75 Å². The van der Waals surface area contributed by atoms with Gasteiger partial charge >= 0.3 is 0 Å². The molecule has 1 atom stereocenters. The van der Waals surface area contributed by atoms with Crippen molar-refractivity contribution in [2.75, 3.05) is 13.2 Å². The first-order valence-corrected chi connectivity index (χ1v) is 7.34. The summed E-state index contributed by atoms with van der Waals surface area (Å²) in [7, 11) is 0. The van der Waals surface area contributed by atoms with E-state index in [9.17, 15) is 5.11 Å². The van der Waals surface area contributed by atoms with Crippen LogP contribution >= 0.6 is 0 Å². The van der Waals surface area contributed by atoms with Crippen LogP contribution in [0.5, 0.6) is 5.75 Å². The molecule has 3 heteroatoms. The van der Waals surface area contributed by atoms with Crippen molar-refractivity contribution >= 4 is 0 Å². The lowest BCUT2D eigenvalue weighted by atomic mass is 9.86. The molecule has 0 heterocycles. The molecule has 114 valence electrons. The highest BCUT2D eigenvalue weighted by Gasteiger charge is 2.20. The Bertz CT molecular complexity index is 416. The SMILES string of the molecule is CC(C)(C)[NH2+]C[C@H](O)COc1ccccc1C(C)(C)C. The van der Waals surface area contributed by atoms with Gasteiger partial charge in [-0.15, -0.1) is 0 Å². The molecule has 0 fully saturated rings. The second kappa shape index (κ2) is 6.59. The van der Waals surface area contributed by atoms with Crippen LogP contribution in [0.4, 0.5) is 0 Å². The van der Waals surface area contributed by atoms with Crippen LogP contribution in [0.3, 0.4) is 0 Å². The van der Waals surface area contributed by atoms with E-state index in [0.29, 0.717) is 13.2 Å². The van der Waals surface area contributed by atoms with Gasteiger partial charge in [-0.2, -0.15) is 0 Å². The van der Waals surface area contributed by atoms with Crippen molar-refractivity contribution in [3.63, 3.8) is 0 Å². The maximum Gasteiger partial charge on any atom is 0.137 e. The number of hydrogen-bond donors (Lipinski definition) is 2. The summed E-state index contributed by atoms with van der Waals surface area (Å²) in [6.45, 7) is 13.9. The van der Waals surface area contributed by atoms with E-state index in [1.807, 2.05) is 18.2 Å². The summed E-state index contributed by atoms with van der Waals surface area (Å²) in [6, 6.07) is 8.05. The Kier molecular flexibility index (Phi) is 5.60. The molecule has 0 aromatic heterocycles. The molecule has 0 aliphatic heterocycles. The molecule has 1 rings (SSSR count). The quantitative estimate of drug-likeness (QED) is 0.867. The van der Waals surface area contributed by atoms with E-state index in [0.717, 1.165) is 5.75 Å². The molecule has 1 aromatic rings. The lowest BCUT2D eigenvalue weighted by Gasteiger charge is -2.24. The monoisotopic (exact) mass is 280 g/mol. The number of quaternary nitrogens is 1. The fourth-order valence-electron chi connectivity index (χ4n) is 1.96. The van der Waals surface area contributed by atoms with Gasteiger partial charge in [0.1, 0.15) is 25.0 Å². The van der Waals surface area contributed by atoms with Gasteiger partial charge in [-0.25, -0.2) is 0 Å². The minimum Gasteiger partial charge on any atom is -0.490 e. The maximum atomic E-state index is 10.0. The minimum absolute atomic E-state index is 0.0408. The molecule has 0 bridgehead atoms. The van der Waals surface area contributed by atoms with Crippen LogP contribution in [0.15, 0.2) is 24.3 Å². The summed E-state index contributed by atoms with van der Waals surface area (Å²) >= 11 is 0. The number of rotatable bonds is 5. The number of nitrogens with two attached hydrogens (primary N) is 1. The molecule has 0 aliphatic rings. The normalized spacial score (nSPS) is 14.2. The zero-order valence-electron chi connectivity index (χ0n) is 13.7. The van der Waals surface area contributed by atoms with Crippen LogP contribution in [0.2, 0.25) is 0 Å². The van der Waals surface area contributed by atoms with Crippen molar-refractivity contribution in [2.45, 2.75) is 58.6 Å². The molecular formula is C17H30NO2+. The summed E-state index contributed by atoms with van der Waals surface area (Å²) in [5.41, 5.74) is 1.34. The van der Waals surface area contributed by atoms with Crippen molar-refractivity contribution < 1.29 is 15.2 Å².